The minimum Gasteiger partial charge on any atom is -0.444 e. The van der Waals surface area contributed by atoms with E-state index in [1.165, 1.54) is 0 Å². The first-order valence-electron chi connectivity index (χ1n) is 9.53. The molecule has 0 unspecified atom stereocenters. The molecule has 1 heterocycles. The number of para-hydroxylation sites is 1. The molecule has 1 N–H and O–H groups in total. The zero-order valence-electron chi connectivity index (χ0n) is 16.6. The molecule has 148 valence electrons. The average Bonchev–Trinajstić information content (AvgIpc) is 3.15. The fourth-order valence-corrected chi connectivity index (χ4v) is 3.22. The van der Waals surface area contributed by atoms with Crippen LogP contribution in [0.3, 0.4) is 0 Å². The smallest absolute Gasteiger partial charge is 0.408 e. The molecular formula is C22H27N3O3. The number of benzene rings is 2. The maximum absolute atomic E-state index is 13.4. The van der Waals surface area contributed by atoms with E-state index < -0.39 is 17.7 Å². The number of hydrazine groups is 1. The van der Waals surface area contributed by atoms with Gasteiger partial charge in [-0.1, -0.05) is 48.5 Å². The second kappa shape index (κ2) is 8.33. The largest absolute Gasteiger partial charge is 0.444 e. The van der Waals surface area contributed by atoms with Crippen molar-refractivity contribution in [1.29, 1.82) is 0 Å². The van der Waals surface area contributed by atoms with Crippen molar-refractivity contribution in [3.63, 3.8) is 0 Å². The van der Waals surface area contributed by atoms with Gasteiger partial charge in [-0.25, -0.2) is 4.79 Å². The molecule has 1 fully saturated rings. The quantitative estimate of drug-likeness (QED) is 0.872. The number of nitrogens with one attached hydrogen (secondary N) is 1. The predicted octanol–water partition coefficient (Wildman–Crippen LogP) is 3.91. The lowest BCUT2D eigenvalue weighted by Gasteiger charge is -2.33. The third-order valence-electron chi connectivity index (χ3n) is 4.38. The Kier molecular flexibility index (Phi) is 5.87. The standard InChI is InChI=1S/C22H27N3O3/c1-22(2,3)28-21(27)23-19(17-11-6-4-7-12-17)20(26)25-16-10-15-24(25)18-13-8-5-9-14-18/h4-9,11-14,19H,10,15-16H2,1-3H3,(H,23,27)/t19-/m0/s1. The van der Waals surface area contributed by atoms with Crippen molar-refractivity contribution in [2.24, 2.45) is 0 Å². The van der Waals surface area contributed by atoms with Gasteiger partial charge in [0.25, 0.3) is 5.91 Å². The summed E-state index contributed by atoms with van der Waals surface area (Å²) in [5.74, 6) is -0.182. The first-order chi connectivity index (χ1) is 13.3. The minimum atomic E-state index is -0.819. The molecule has 1 saturated heterocycles. The van der Waals surface area contributed by atoms with Gasteiger partial charge >= 0.3 is 6.09 Å². The van der Waals surface area contributed by atoms with Crippen LogP contribution in [0.5, 0.6) is 0 Å². The van der Waals surface area contributed by atoms with Gasteiger partial charge in [0.15, 0.2) is 0 Å². The van der Waals surface area contributed by atoms with Crippen molar-refractivity contribution in [2.75, 3.05) is 18.1 Å². The van der Waals surface area contributed by atoms with Gasteiger partial charge < -0.3 is 10.1 Å². The van der Waals surface area contributed by atoms with Gasteiger partial charge in [0.1, 0.15) is 11.6 Å². The van der Waals surface area contributed by atoms with E-state index in [4.69, 9.17) is 4.74 Å². The fourth-order valence-electron chi connectivity index (χ4n) is 3.22. The molecule has 2 amide bonds. The van der Waals surface area contributed by atoms with Crippen LogP contribution in [-0.4, -0.2) is 35.7 Å². The van der Waals surface area contributed by atoms with Crippen molar-refractivity contribution < 1.29 is 14.3 Å². The number of anilines is 1. The maximum atomic E-state index is 13.4. The zero-order chi connectivity index (χ0) is 20.1. The number of ether oxygens (including phenoxy) is 1. The highest BCUT2D eigenvalue weighted by Crippen LogP contribution is 2.25. The van der Waals surface area contributed by atoms with Gasteiger partial charge in [-0.2, -0.15) is 0 Å². The van der Waals surface area contributed by atoms with E-state index in [0.29, 0.717) is 6.54 Å². The van der Waals surface area contributed by atoms with Crippen LogP contribution >= 0.6 is 0 Å². The van der Waals surface area contributed by atoms with E-state index in [9.17, 15) is 9.59 Å². The molecular weight excluding hydrogens is 354 g/mol. The highest BCUT2D eigenvalue weighted by molar-refractivity contribution is 5.88. The molecule has 0 aliphatic carbocycles. The third kappa shape index (κ3) is 4.82. The van der Waals surface area contributed by atoms with E-state index in [2.05, 4.69) is 5.32 Å². The molecule has 2 aromatic rings. The highest BCUT2D eigenvalue weighted by Gasteiger charge is 2.34. The summed E-state index contributed by atoms with van der Waals surface area (Å²) in [6.45, 7) is 6.74. The Bertz CT molecular complexity index is 803. The lowest BCUT2D eigenvalue weighted by Crippen LogP contribution is -2.48. The Balaban J connectivity index is 1.85. The first-order valence-corrected chi connectivity index (χ1v) is 9.53. The molecule has 1 aliphatic heterocycles. The van der Waals surface area contributed by atoms with E-state index in [0.717, 1.165) is 24.2 Å². The SMILES string of the molecule is CC(C)(C)OC(=O)N[C@H](C(=O)N1CCCN1c1ccccc1)c1ccccc1. The molecule has 1 atom stereocenters. The molecule has 0 spiro atoms. The van der Waals surface area contributed by atoms with Gasteiger partial charge in [0.05, 0.1) is 5.69 Å². The van der Waals surface area contributed by atoms with E-state index >= 15 is 0 Å². The monoisotopic (exact) mass is 381 g/mol. The molecule has 3 rings (SSSR count). The Morgan fingerprint density at radius 3 is 2.18 bits per heavy atom. The van der Waals surface area contributed by atoms with E-state index in [1.54, 1.807) is 25.8 Å². The Labute approximate surface area is 166 Å². The first kappa shape index (κ1) is 19.7. The number of hydrogen-bond donors (Lipinski definition) is 1. The van der Waals surface area contributed by atoms with Crippen LogP contribution < -0.4 is 10.3 Å². The lowest BCUT2D eigenvalue weighted by molar-refractivity contribution is -0.133. The summed E-state index contributed by atoms with van der Waals surface area (Å²) < 4.78 is 5.38. The van der Waals surface area contributed by atoms with E-state index in [1.807, 2.05) is 65.7 Å². The summed E-state index contributed by atoms with van der Waals surface area (Å²) in [6, 6.07) is 18.2. The summed E-state index contributed by atoms with van der Waals surface area (Å²) >= 11 is 0. The number of alkyl carbamates (subject to hydrolysis) is 1. The van der Waals surface area contributed by atoms with Crippen molar-refractivity contribution in [3.8, 4) is 0 Å². The Morgan fingerprint density at radius 1 is 0.964 bits per heavy atom. The van der Waals surface area contributed by atoms with Crippen LogP contribution in [0.1, 0.15) is 38.8 Å². The Hall–Kier alpha value is -3.02. The molecule has 28 heavy (non-hydrogen) atoms. The molecule has 0 aromatic heterocycles. The maximum Gasteiger partial charge on any atom is 0.408 e. The van der Waals surface area contributed by atoms with Crippen LogP contribution in [0, 0.1) is 0 Å². The molecule has 6 heteroatoms. The second-order valence-corrected chi connectivity index (χ2v) is 7.76. The fraction of sp³-hybridized carbons (Fsp3) is 0.364. The number of carbonyl (C=O) groups excluding carboxylic acids is 2. The zero-order valence-corrected chi connectivity index (χ0v) is 16.6. The highest BCUT2D eigenvalue weighted by atomic mass is 16.6. The molecule has 1 aliphatic rings. The molecule has 0 radical (unpaired) electrons. The lowest BCUT2D eigenvalue weighted by atomic mass is 10.1. The summed E-state index contributed by atoms with van der Waals surface area (Å²) in [6.07, 6.45) is 0.259. The average molecular weight is 381 g/mol. The summed E-state index contributed by atoms with van der Waals surface area (Å²) in [4.78, 5) is 25.8. The van der Waals surface area contributed by atoms with Gasteiger partial charge in [-0.15, -0.1) is 0 Å². The van der Waals surface area contributed by atoms with Gasteiger partial charge in [0, 0.05) is 13.1 Å². The second-order valence-electron chi connectivity index (χ2n) is 7.76. The van der Waals surface area contributed by atoms with Crippen molar-refractivity contribution in [3.05, 3.63) is 66.2 Å². The van der Waals surface area contributed by atoms with Crippen LogP contribution in [0.4, 0.5) is 10.5 Å². The number of nitrogens with zero attached hydrogens (tertiary/aromatic N) is 2. The number of hydrogen-bond acceptors (Lipinski definition) is 4. The van der Waals surface area contributed by atoms with E-state index in [-0.39, 0.29) is 5.91 Å². The third-order valence-corrected chi connectivity index (χ3v) is 4.38. The molecule has 0 saturated carbocycles. The summed E-state index contributed by atoms with van der Waals surface area (Å²) in [5.41, 5.74) is 1.04. The normalized spacial score (nSPS) is 15.2. The predicted molar refractivity (Wildman–Crippen MR) is 109 cm³/mol. The van der Waals surface area contributed by atoms with Gasteiger partial charge in [0.2, 0.25) is 0 Å². The molecule has 2 aromatic carbocycles. The van der Waals surface area contributed by atoms with Crippen molar-refractivity contribution in [2.45, 2.75) is 38.8 Å². The summed E-state index contributed by atoms with van der Waals surface area (Å²) in [5, 5.41) is 6.44. The van der Waals surface area contributed by atoms with Crippen LogP contribution in [-0.2, 0) is 9.53 Å². The van der Waals surface area contributed by atoms with Crippen molar-refractivity contribution in [1.82, 2.24) is 10.3 Å². The molecule has 6 nitrogen and oxygen atoms in total. The van der Waals surface area contributed by atoms with Crippen LogP contribution in [0.15, 0.2) is 60.7 Å². The van der Waals surface area contributed by atoms with Crippen LogP contribution in [0.25, 0.3) is 0 Å². The van der Waals surface area contributed by atoms with Crippen molar-refractivity contribution >= 4 is 17.7 Å². The Morgan fingerprint density at radius 2 is 1.57 bits per heavy atom. The van der Waals surface area contributed by atoms with Gasteiger partial charge in [-0.3, -0.25) is 14.8 Å². The number of amides is 2. The number of rotatable bonds is 4. The number of carbonyl (C=O) groups is 2. The van der Waals surface area contributed by atoms with Crippen LogP contribution in [0.2, 0.25) is 0 Å². The molecule has 0 bridgehead atoms. The van der Waals surface area contributed by atoms with Gasteiger partial charge in [-0.05, 0) is 44.9 Å². The minimum absolute atomic E-state index is 0.182. The topological polar surface area (TPSA) is 61.9 Å². The summed E-state index contributed by atoms with van der Waals surface area (Å²) in [7, 11) is 0.